The molecule has 1 rings (SSSR count). The molecule has 1 fully saturated rings. The van der Waals surface area contributed by atoms with Gasteiger partial charge in [-0.25, -0.2) is 13.0 Å². The van der Waals surface area contributed by atoms with E-state index in [1.807, 2.05) is 0 Å². The van der Waals surface area contributed by atoms with Crippen molar-refractivity contribution in [3.05, 3.63) is 0 Å². The highest BCUT2D eigenvalue weighted by Crippen LogP contribution is 2.23. The third-order valence-electron chi connectivity index (χ3n) is 1.43. The molecule has 0 aromatic rings. The van der Waals surface area contributed by atoms with Crippen LogP contribution in [-0.4, -0.2) is 19.6 Å². The molecule has 0 aromatic heterocycles. The summed E-state index contributed by atoms with van der Waals surface area (Å²) in [5.74, 6) is 0.160. The summed E-state index contributed by atoms with van der Waals surface area (Å²) in [4.78, 5) is 0. The third-order valence-corrected chi connectivity index (χ3v) is 3.90. The first-order valence-electron chi connectivity index (χ1n) is 2.87. The molecule has 6 heteroatoms. The van der Waals surface area contributed by atoms with Crippen LogP contribution in [0.25, 0.3) is 0 Å². The number of sulfone groups is 1. The van der Waals surface area contributed by atoms with Crippen LogP contribution in [0.1, 0.15) is 12.8 Å². The fourth-order valence-electron chi connectivity index (χ4n) is 0.928. The van der Waals surface area contributed by atoms with Crippen LogP contribution in [0.2, 0.25) is 0 Å². The fraction of sp³-hybridized carbons (Fsp3) is 1.00. The Morgan fingerprint density at radius 3 is 2.60 bits per heavy atom. The molecule has 0 saturated carbocycles. The molecule has 0 aliphatic carbocycles. The van der Waals surface area contributed by atoms with E-state index in [0.717, 1.165) is 0 Å². The number of hydrogen-bond donors (Lipinski definition) is 0. The van der Waals surface area contributed by atoms with Crippen molar-refractivity contribution in [1.29, 1.82) is 0 Å². The Labute approximate surface area is 60.8 Å². The second-order valence-corrected chi connectivity index (χ2v) is 4.74. The minimum absolute atomic E-state index is 0.160. The van der Waals surface area contributed by atoms with E-state index in [2.05, 4.69) is 4.52 Å². The van der Waals surface area contributed by atoms with Gasteiger partial charge < -0.3 is 0 Å². The molecule has 0 aromatic carbocycles. The van der Waals surface area contributed by atoms with E-state index < -0.39 is 24.0 Å². The summed E-state index contributed by atoms with van der Waals surface area (Å²) in [5.41, 5.74) is -0.827. The molecule has 1 aliphatic heterocycles. The van der Waals surface area contributed by atoms with Crippen molar-refractivity contribution in [3.63, 3.8) is 0 Å². The molecule has 1 atom stereocenters. The van der Waals surface area contributed by atoms with Crippen molar-refractivity contribution in [2.45, 2.75) is 18.3 Å². The Hall–Kier alpha value is 0.01000. The van der Waals surface area contributed by atoms with Crippen molar-refractivity contribution in [3.8, 4) is 0 Å². The molecule has 0 N–H and O–H groups in total. The quantitative estimate of drug-likeness (QED) is 0.591. The van der Waals surface area contributed by atoms with E-state index >= 15 is 0 Å². The van der Waals surface area contributed by atoms with E-state index in [1.165, 1.54) is 0 Å². The van der Waals surface area contributed by atoms with Crippen LogP contribution in [0.4, 0.5) is 0 Å². The van der Waals surface area contributed by atoms with Gasteiger partial charge in [0.25, 0.3) is 0 Å². The van der Waals surface area contributed by atoms with Crippen LogP contribution < -0.4 is 0 Å². The van der Waals surface area contributed by atoms with Gasteiger partial charge in [0.1, 0.15) is 0 Å². The van der Waals surface area contributed by atoms with E-state index in [0.29, 0.717) is 12.8 Å². The average molecular weight is 182 g/mol. The summed E-state index contributed by atoms with van der Waals surface area (Å²) in [6.07, 6.45) is 1.08. The molecule has 4 nitrogen and oxygen atoms in total. The van der Waals surface area contributed by atoms with Gasteiger partial charge in [-0.15, -0.1) is 0 Å². The standard InChI is InChI=1S/C4H7O4PS/c5-9-8-4-2-1-3-10(4,6)7/h4H,1-3H2. The predicted octanol–water partition coefficient (Wildman–Crippen LogP) is 0.744. The molecule has 58 valence electrons. The Morgan fingerprint density at radius 2 is 2.20 bits per heavy atom. The van der Waals surface area contributed by atoms with Gasteiger partial charge in [-0.2, -0.15) is 0 Å². The van der Waals surface area contributed by atoms with Crippen molar-refractivity contribution in [1.82, 2.24) is 0 Å². The first kappa shape index (κ1) is 8.11. The van der Waals surface area contributed by atoms with Crippen molar-refractivity contribution in [2.24, 2.45) is 0 Å². The highest BCUT2D eigenvalue weighted by atomic mass is 32.2. The summed E-state index contributed by atoms with van der Waals surface area (Å²) in [6.45, 7) is 0. The minimum atomic E-state index is -3.08. The fourth-order valence-corrected chi connectivity index (χ4v) is 3.12. The van der Waals surface area contributed by atoms with Crippen LogP contribution in [0.3, 0.4) is 0 Å². The van der Waals surface area contributed by atoms with E-state index in [4.69, 9.17) is 0 Å². The van der Waals surface area contributed by atoms with Crippen molar-refractivity contribution >= 4 is 18.5 Å². The van der Waals surface area contributed by atoms with E-state index in [1.54, 1.807) is 0 Å². The molecule has 0 bridgehead atoms. The highest BCUT2D eigenvalue weighted by molar-refractivity contribution is 7.92. The molecular formula is C4H7O4PS. The lowest BCUT2D eigenvalue weighted by Crippen LogP contribution is -2.15. The smallest absolute Gasteiger partial charge is 0.275 e. The van der Waals surface area contributed by atoms with Crippen LogP contribution in [-0.2, 0) is 18.9 Å². The maximum absolute atomic E-state index is 10.9. The van der Waals surface area contributed by atoms with Gasteiger partial charge in [0.2, 0.25) is 0 Å². The lowest BCUT2D eigenvalue weighted by atomic mass is 10.4. The molecule has 0 spiro atoms. The van der Waals surface area contributed by atoms with Crippen LogP contribution >= 0.6 is 8.69 Å². The lowest BCUT2D eigenvalue weighted by molar-refractivity contribution is 0.297. The Morgan fingerprint density at radius 1 is 1.50 bits per heavy atom. The Bertz CT molecular complexity index is 221. The monoisotopic (exact) mass is 182 g/mol. The minimum Gasteiger partial charge on any atom is -0.275 e. The number of hydrogen-bond acceptors (Lipinski definition) is 4. The maximum atomic E-state index is 10.9. The second kappa shape index (κ2) is 2.95. The van der Waals surface area contributed by atoms with Gasteiger partial charge in [-0.05, 0) is 12.8 Å². The van der Waals surface area contributed by atoms with Gasteiger partial charge in [0.05, 0.1) is 5.75 Å². The SMILES string of the molecule is O=POC1CCCS1(=O)=O. The maximum Gasteiger partial charge on any atom is 0.328 e. The Balaban J connectivity index is 2.69. The Kier molecular flexibility index (Phi) is 2.39. The van der Waals surface area contributed by atoms with E-state index in [-0.39, 0.29) is 5.75 Å². The highest BCUT2D eigenvalue weighted by Gasteiger charge is 2.32. The van der Waals surface area contributed by atoms with Gasteiger partial charge in [-0.1, -0.05) is 0 Å². The molecular weight excluding hydrogens is 175 g/mol. The van der Waals surface area contributed by atoms with E-state index in [9.17, 15) is 13.0 Å². The van der Waals surface area contributed by atoms with Crippen LogP contribution in [0, 0.1) is 0 Å². The van der Waals surface area contributed by atoms with Gasteiger partial charge >= 0.3 is 8.69 Å². The zero-order chi connectivity index (χ0) is 7.61. The van der Waals surface area contributed by atoms with Crippen molar-refractivity contribution in [2.75, 3.05) is 5.75 Å². The first-order valence-corrected chi connectivity index (χ1v) is 5.31. The summed E-state index contributed by atoms with van der Waals surface area (Å²) in [7, 11) is -3.63. The third kappa shape index (κ3) is 1.54. The summed E-state index contributed by atoms with van der Waals surface area (Å²) >= 11 is 0. The molecule has 1 aliphatic rings. The normalized spacial score (nSPS) is 31.0. The summed E-state index contributed by atoms with van der Waals surface area (Å²) in [5, 5.41) is 0. The van der Waals surface area contributed by atoms with Gasteiger partial charge in [0, 0.05) is 0 Å². The summed E-state index contributed by atoms with van der Waals surface area (Å²) < 4.78 is 36.1. The topological polar surface area (TPSA) is 60.4 Å². The molecule has 1 saturated heterocycles. The molecule has 0 amide bonds. The largest absolute Gasteiger partial charge is 0.328 e. The number of rotatable bonds is 2. The molecule has 10 heavy (non-hydrogen) atoms. The van der Waals surface area contributed by atoms with Crippen LogP contribution in [0.5, 0.6) is 0 Å². The molecule has 0 radical (unpaired) electrons. The zero-order valence-corrected chi connectivity index (χ0v) is 6.90. The second-order valence-electron chi connectivity index (χ2n) is 2.12. The molecule has 1 unspecified atom stereocenters. The average Bonchev–Trinajstić information content (AvgIpc) is 2.13. The van der Waals surface area contributed by atoms with Gasteiger partial charge in [-0.3, -0.25) is 4.52 Å². The first-order chi connectivity index (χ1) is 4.67. The van der Waals surface area contributed by atoms with Crippen LogP contribution in [0.15, 0.2) is 0 Å². The van der Waals surface area contributed by atoms with Gasteiger partial charge in [0.15, 0.2) is 15.3 Å². The zero-order valence-electron chi connectivity index (χ0n) is 5.19. The van der Waals surface area contributed by atoms with Crippen molar-refractivity contribution < 1.29 is 17.5 Å². The predicted molar refractivity (Wildman–Crippen MR) is 35.5 cm³/mol. The summed E-state index contributed by atoms with van der Waals surface area (Å²) in [6, 6.07) is 0. The molecule has 1 heterocycles. The lowest BCUT2D eigenvalue weighted by Gasteiger charge is -2.01.